The first kappa shape index (κ1) is 12.8. The smallest absolute Gasteiger partial charge is 0.258 e. The number of pyridine rings is 1. The molecule has 3 aromatic rings. The summed E-state index contributed by atoms with van der Waals surface area (Å²) in [5.74, 6) is -0.115. The van der Waals surface area contributed by atoms with E-state index in [1.54, 1.807) is 11.3 Å². The molecule has 4 heteroatoms. The highest BCUT2D eigenvalue weighted by Gasteiger charge is 2.12. The van der Waals surface area contributed by atoms with E-state index >= 15 is 0 Å². The predicted octanol–water partition coefficient (Wildman–Crippen LogP) is 4.17. The Hall–Kier alpha value is -2.20. The van der Waals surface area contributed by atoms with Crippen molar-refractivity contribution in [3.05, 3.63) is 58.6 Å². The number of anilines is 1. The second kappa shape index (κ2) is 5.06. The Labute approximate surface area is 121 Å². The summed E-state index contributed by atoms with van der Waals surface area (Å²) in [6, 6.07) is 13.5. The molecular formula is C16H14N2OS. The van der Waals surface area contributed by atoms with E-state index in [1.807, 2.05) is 56.3 Å². The zero-order valence-electron chi connectivity index (χ0n) is 11.3. The van der Waals surface area contributed by atoms with Crippen LogP contribution in [-0.2, 0) is 0 Å². The third kappa shape index (κ3) is 2.42. The third-order valence-corrected chi connectivity index (χ3v) is 4.00. The number of nitrogens with one attached hydrogen (secondary N) is 1. The lowest BCUT2D eigenvalue weighted by molar-refractivity contribution is 0.102. The van der Waals surface area contributed by atoms with Crippen LogP contribution < -0.4 is 5.32 Å². The van der Waals surface area contributed by atoms with Gasteiger partial charge in [-0.15, -0.1) is 11.3 Å². The Morgan fingerprint density at radius 1 is 1.10 bits per heavy atom. The molecule has 1 N–H and O–H groups in total. The molecule has 3 nitrogen and oxygen atoms in total. The van der Waals surface area contributed by atoms with Crippen LogP contribution in [0.1, 0.15) is 20.9 Å². The van der Waals surface area contributed by atoms with Crippen molar-refractivity contribution < 1.29 is 4.79 Å². The van der Waals surface area contributed by atoms with Crippen molar-refractivity contribution in [2.45, 2.75) is 13.8 Å². The molecule has 0 spiro atoms. The van der Waals surface area contributed by atoms with Crippen LogP contribution in [0.3, 0.4) is 0 Å². The highest BCUT2D eigenvalue weighted by molar-refractivity contribution is 7.16. The number of rotatable bonds is 2. The number of para-hydroxylation sites is 1. The number of hydrogen-bond donors (Lipinski definition) is 1. The molecule has 0 fully saturated rings. The van der Waals surface area contributed by atoms with Gasteiger partial charge in [-0.3, -0.25) is 9.78 Å². The van der Waals surface area contributed by atoms with Crippen LogP contribution in [-0.4, -0.2) is 10.9 Å². The SMILES string of the molecule is Cc1ccc2cccc(C(=O)Nc3ccc(C)s3)c2n1. The normalized spacial score (nSPS) is 10.7. The molecule has 0 aliphatic heterocycles. The number of thiophene rings is 1. The maximum atomic E-state index is 12.4. The molecule has 1 aromatic carbocycles. The summed E-state index contributed by atoms with van der Waals surface area (Å²) >= 11 is 1.57. The predicted molar refractivity (Wildman–Crippen MR) is 83.5 cm³/mol. The first-order valence-electron chi connectivity index (χ1n) is 6.37. The van der Waals surface area contributed by atoms with Crippen LogP contribution in [0.4, 0.5) is 5.00 Å². The van der Waals surface area contributed by atoms with Crippen molar-refractivity contribution in [3.8, 4) is 0 Å². The van der Waals surface area contributed by atoms with Crippen molar-refractivity contribution in [1.82, 2.24) is 4.98 Å². The maximum Gasteiger partial charge on any atom is 0.258 e. The first-order chi connectivity index (χ1) is 9.63. The lowest BCUT2D eigenvalue weighted by Gasteiger charge is -2.06. The van der Waals surface area contributed by atoms with Gasteiger partial charge in [-0.2, -0.15) is 0 Å². The number of carbonyl (C=O) groups excluding carboxylic acids is 1. The number of nitrogens with zero attached hydrogens (tertiary/aromatic N) is 1. The quantitative estimate of drug-likeness (QED) is 0.766. The van der Waals surface area contributed by atoms with E-state index in [4.69, 9.17) is 0 Å². The van der Waals surface area contributed by atoms with Gasteiger partial charge in [0.2, 0.25) is 0 Å². The van der Waals surface area contributed by atoms with Gasteiger partial charge in [0.1, 0.15) is 0 Å². The maximum absolute atomic E-state index is 12.4. The molecule has 100 valence electrons. The van der Waals surface area contributed by atoms with E-state index in [0.29, 0.717) is 5.56 Å². The summed E-state index contributed by atoms with van der Waals surface area (Å²) in [6.07, 6.45) is 0. The zero-order chi connectivity index (χ0) is 14.1. The van der Waals surface area contributed by atoms with Crippen LogP contribution in [0.15, 0.2) is 42.5 Å². The van der Waals surface area contributed by atoms with Gasteiger partial charge >= 0.3 is 0 Å². The topological polar surface area (TPSA) is 42.0 Å². The van der Waals surface area contributed by atoms with Crippen LogP contribution >= 0.6 is 11.3 Å². The molecule has 0 saturated heterocycles. The van der Waals surface area contributed by atoms with E-state index in [2.05, 4.69) is 10.3 Å². The Balaban J connectivity index is 2.01. The molecular weight excluding hydrogens is 268 g/mol. The Bertz CT molecular complexity index is 792. The van der Waals surface area contributed by atoms with Crippen LogP contribution in [0, 0.1) is 13.8 Å². The largest absolute Gasteiger partial charge is 0.313 e. The number of aryl methyl sites for hydroxylation is 2. The van der Waals surface area contributed by atoms with Gasteiger partial charge in [0.15, 0.2) is 0 Å². The van der Waals surface area contributed by atoms with Crippen LogP contribution in [0.2, 0.25) is 0 Å². The minimum atomic E-state index is -0.115. The molecule has 0 bridgehead atoms. The van der Waals surface area contributed by atoms with Crippen molar-refractivity contribution in [1.29, 1.82) is 0 Å². The van der Waals surface area contributed by atoms with Gasteiger partial charge in [-0.1, -0.05) is 18.2 Å². The number of aromatic nitrogens is 1. The number of amides is 1. The zero-order valence-corrected chi connectivity index (χ0v) is 12.1. The second-order valence-corrected chi connectivity index (χ2v) is 5.98. The van der Waals surface area contributed by atoms with Gasteiger partial charge in [-0.25, -0.2) is 0 Å². The Morgan fingerprint density at radius 2 is 1.95 bits per heavy atom. The van der Waals surface area contributed by atoms with E-state index < -0.39 is 0 Å². The van der Waals surface area contributed by atoms with E-state index in [9.17, 15) is 4.79 Å². The molecule has 0 aliphatic rings. The third-order valence-electron chi connectivity index (χ3n) is 3.08. The summed E-state index contributed by atoms with van der Waals surface area (Å²) < 4.78 is 0. The van der Waals surface area contributed by atoms with Gasteiger partial charge < -0.3 is 5.32 Å². The number of hydrogen-bond acceptors (Lipinski definition) is 3. The molecule has 0 saturated carbocycles. The fourth-order valence-electron chi connectivity index (χ4n) is 2.11. The molecule has 0 atom stereocenters. The Morgan fingerprint density at radius 3 is 2.70 bits per heavy atom. The molecule has 2 heterocycles. The van der Waals surface area contributed by atoms with Crippen LogP contribution in [0.25, 0.3) is 10.9 Å². The van der Waals surface area contributed by atoms with Gasteiger partial charge in [0.25, 0.3) is 5.91 Å². The average Bonchev–Trinajstić information content (AvgIpc) is 2.83. The van der Waals surface area contributed by atoms with E-state index in [0.717, 1.165) is 21.6 Å². The van der Waals surface area contributed by atoms with Crippen molar-refractivity contribution >= 4 is 33.1 Å². The minimum absolute atomic E-state index is 0.115. The Kier molecular flexibility index (Phi) is 3.24. The molecule has 0 unspecified atom stereocenters. The lowest BCUT2D eigenvalue weighted by Crippen LogP contribution is -2.12. The number of fused-ring (bicyclic) bond motifs is 1. The first-order valence-corrected chi connectivity index (χ1v) is 7.19. The number of benzene rings is 1. The monoisotopic (exact) mass is 282 g/mol. The van der Waals surface area contributed by atoms with E-state index in [1.165, 1.54) is 4.88 Å². The summed E-state index contributed by atoms with van der Waals surface area (Å²) in [5.41, 5.74) is 2.26. The van der Waals surface area contributed by atoms with Crippen molar-refractivity contribution in [2.24, 2.45) is 0 Å². The molecule has 2 aromatic heterocycles. The highest BCUT2D eigenvalue weighted by atomic mass is 32.1. The molecule has 1 amide bonds. The summed E-state index contributed by atoms with van der Waals surface area (Å²) in [7, 11) is 0. The average molecular weight is 282 g/mol. The summed E-state index contributed by atoms with van der Waals surface area (Å²) in [5, 5.41) is 4.77. The summed E-state index contributed by atoms with van der Waals surface area (Å²) in [6.45, 7) is 3.94. The van der Waals surface area contributed by atoms with Crippen LogP contribution in [0.5, 0.6) is 0 Å². The molecule has 0 radical (unpaired) electrons. The highest BCUT2D eigenvalue weighted by Crippen LogP contribution is 2.23. The van der Waals surface area contributed by atoms with Gasteiger partial charge in [0, 0.05) is 16.0 Å². The molecule has 20 heavy (non-hydrogen) atoms. The molecule has 0 aliphatic carbocycles. The lowest BCUT2D eigenvalue weighted by atomic mass is 10.1. The van der Waals surface area contributed by atoms with Crippen molar-refractivity contribution in [2.75, 3.05) is 5.32 Å². The standard InChI is InChI=1S/C16H14N2OS/c1-10-6-8-12-4-3-5-13(15(12)17-10)16(19)18-14-9-7-11(2)20-14/h3-9H,1-2H3,(H,18,19). The van der Waals surface area contributed by atoms with E-state index in [-0.39, 0.29) is 5.91 Å². The second-order valence-electron chi connectivity index (χ2n) is 4.69. The van der Waals surface area contributed by atoms with Gasteiger partial charge in [-0.05, 0) is 38.1 Å². The minimum Gasteiger partial charge on any atom is -0.313 e. The number of carbonyl (C=O) groups is 1. The fourth-order valence-corrected chi connectivity index (χ4v) is 2.87. The molecule has 3 rings (SSSR count). The van der Waals surface area contributed by atoms with Gasteiger partial charge in [0.05, 0.1) is 16.1 Å². The van der Waals surface area contributed by atoms with Crippen molar-refractivity contribution in [3.63, 3.8) is 0 Å². The fraction of sp³-hybridized carbons (Fsp3) is 0.125. The summed E-state index contributed by atoms with van der Waals surface area (Å²) in [4.78, 5) is 18.1.